The minimum atomic E-state index is -1.23. The van der Waals surface area contributed by atoms with Crippen LogP contribution in [0.1, 0.15) is 59.4 Å². The predicted molar refractivity (Wildman–Crippen MR) is 111 cm³/mol. The molecule has 1 aromatic rings. The molecule has 0 heterocycles. The number of hydrogen-bond donors (Lipinski definition) is 0. The summed E-state index contributed by atoms with van der Waals surface area (Å²) in [5.41, 5.74) is -0.110. The van der Waals surface area contributed by atoms with Crippen molar-refractivity contribution in [3.05, 3.63) is 35.9 Å². The summed E-state index contributed by atoms with van der Waals surface area (Å²) in [6, 6.07) is 14.6. The Bertz CT molecular complexity index is 817. The third-order valence-electron chi connectivity index (χ3n) is 7.37. The molecule has 2 fully saturated rings. The number of ether oxygens (including phenoxy) is 1. The van der Waals surface area contributed by atoms with Gasteiger partial charge in [-0.25, -0.2) is 0 Å². The number of benzene rings is 1. The van der Waals surface area contributed by atoms with Gasteiger partial charge in [0.25, 0.3) is 0 Å². The summed E-state index contributed by atoms with van der Waals surface area (Å²) in [7, 11) is 0. The van der Waals surface area contributed by atoms with E-state index in [1.165, 1.54) is 5.56 Å². The minimum absolute atomic E-state index is 0.0914. The van der Waals surface area contributed by atoms with E-state index in [2.05, 4.69) is 57.2 Å². The van der Waals surface area contributed by atoms with Crippen molar-refractivity contribution in [3.8, 4) is 12.1 Å². The normalized spacial score (nSPS) is 30.8. The molecule has 4 heteroatoms. The van der Waals surface area contributed by atoms with Gasteiger partial charge in [-0.3, -0.25) is 4.79 Å². The molecular weight excluding hydrogens is 360 g/mol. The summed E-state index contributed by atoms with van der Waals surface area (Å²) in [5, 5.41) is 19.2. The molecule has 2 saturated carbocycles. The monoisotopic (exact) mass is 392 g/mol. The Morgan fingerprint density at radius 2 is 1.79 bits per heavy atom. The third-order valence-corrected chi connectivity index (χ3v) is 7.37. The molecule has 29 heavy (non-hydrogen) atoms. The van der Waals surface area contributed by atoms with Gasteiger partial charge >= 0.3 is 5.97 Å². The highest BCUT2D eigenvalue weighted by atomic mass is 16.5. The summed E-state index contributed by atoms with van der Waals surface area (Å²) in [6.07, 6.45) is 2.76. The molecule has 0 aromatic heterocycles. The van der Waals surface area contributed by atoms with Crippen LogP contribution in [0.25, 0.3) is 0 Å². The van der Waals surface area contributed by atoms with Crippen LogP contribution in [0.3, 0.4) is 0 Å². The molecule has 2 aliphatic rings. The lowest BCUT2D eigenvalue weighted by molar-refractivity contribution is -0.159. The van der Waals surface area contributed by atoms with E-state index in [9.17, 15) is 15.3 Å². The Hall–Kier alpha value is -2.33. The van der Waals surface area contributed by atoms with E-state index in [1.807, 2.05) is 19.9 Å². The highest BCUT2D eigenvalue weighted by molar-refractivity contribution is 5.80. The first kappa shape index (κ1) is 21.4. The molecule has 4 nitrogen and oxygen atoms in total. The van der Waals surface area contributed by atoms with Gasteiger partial charge in [-0.15, -0.1) is 0 Å². The summed E-state index contributed by atoms with van der Waals surface area (Å²) in [5.74, 6) is -0.442. The first-order valence-electron chi connectivity index (χ1n) is 10.8. The maximum absolute atomic E-state index is 13.1. The largest absolute Gasteiger partial charge is 0.462 e. The van der Waals surface area contributed by atoms with Crippen LogP contribution in [-0.4, -0.2) is 12.1 Å². The highest BCUT2D eigenvalue weighted by Gasteiger charge is 2.72. The predicted octanol–water partition coefficient (Wildman–Crippen LogP) is 5.25. The highest BCUT2D eigenvalue weighted by Crippen LogP contribution is 2.62. The van der Waals surface area contributed by atoms with Gasteiger partial charge in [0.2, 0.25) is 0 Å². The number of nitrogens with zero attached hydrogens (tertiary/aromatic N) is 2. The van der Waals surface area contributed by atoms with Crippen molar-refractivity contribution in [1.29, 1.82) is 10.5 Å². The van der Waals surface area contributed by atoms with Crippen LogP contribution in [0.4, 0.5) is 0 Å². The zero-order valence-corrected chi connectivity index (χ0v) is 18.2. The molecule has 0 unspecified atom stereocenters. The lowest BCUT2D eigenvalue weighted by Gasteiger charge is -2.44. The Labute approximate surface area is 174 Å². The Morgan fingerprint density at radius 3 is 2.31 bits per heavy atom. The van der Waals surface area contributed by atoms with Crippen molar-refractivity contribution >= 4 is 5.97 Å². The molecule has 5 atom stereocenters. The van der Waals surface area contributed by atoms with Crippen LogP contribution in [0.5, 0.6) is 0 Å². The van der Waals surface area contributed by atoms with Crippen LogP contribution in [0.2, 0.25) is 0 Å². The van der Waals surface area contributed by atoms with E-state index in [0.717, 1.165) is 19.3 Å². The number of hydrogen-bond acceptors (Lipinski definition) is 4. The number of carbonyl (C=O) groups is 1. The van der Waals surface area contributed by atoms with Crippen molar-refractivity contribution < 1.29 is 9.53 Å². The maximum Gasteiger partial charge on any atom is 0.312 e. The zero-order chi connectivity index (χ0) is 21.4. The summed E-state index contributed by atoms with van der Waals surface area (Å²) in [4.78, 5) is 13.1. The zero-order valence-electron chi connectivity index (χ0n) is 18.2. The summed E-state index contributed by atoms with van der Waals surface area (Å²) in [6.45, 7) is 10.6. The Balaban J connectivity index is 1.83. The van der Waals surface area contributed by atoms with Gasteiger partial charge in [-0.1, -0.05) is 71.4 Å². The quantitative estimate of drug-likeness (QED) is 0.642. The molecule has 0 amide bonds. The van der Waals surface area contributed by atoms with Gasteiger partial charge in [0.1, 0.15) is 6.10 Å². The first-order valence-corrected chi connectivity index (χ1v) is 10.8. The van der Waals surface area contributed by atoms with Gasteiger partial charge in [0.05, 0.1) is 18.1 Å². The molecule has 154 valence electrons. The molecule has 3 rings (SSSR count). The fourth-order valence-corrected chi connectivity index (χ4v) is 5.56. The van der Waals surface area contributed by atoms with Crippen LogP contribution in [0, 0.1) is 57.7 Å². The lowest BCUT2D eigenvalue weighted by Crippen LogP contribution is -2.43. The van der Waals surface area contributed by atoms with Gasteiger partial charge in [0.15, 0.2) is 5.41 Å². The van der Waals surface area contributed by atoms with E-state index < -0.39 is 11.3 Å². The molecule has 2 aliphatic carbocycles. The fraction of sp³-hybridized carbons (Fsp3) is 0.640. The molecule has 0 saturated heterocycles. The molecule has 0 spiro atoms. The topological polar surface area (TPSA) is 73.9 Å². The van der Waals surface area contributed by atoms with E-state index in [4.69, 9.17) is 4.74 Å². The molecule has 0 N–H and O–H groups in total. The number of rotatable bonds is 5. The van der Waals surface area contributed by atoms with Gasteiger partial charge in [-0.2, -0.15) is 10.5 Å². The minimum Gasteiger partial charge on any atom is -0.462 e. The Morgan fingerprint density at radius 1 is 1.17 bits per heavy atom. The van der Waals surface area contributed by atoms with Gasteiger partial charge in [0, 0.05) is 11.8 Å². The van der Waals surface area contributed by atoms with Crippen molar-refractivity contribution in [3.63, 3.8) is 0 Å². The van der Waals surface area contributed by atoms with E-state index in [0.29, 0.717) is 5.92 Å². The standard InChI is InChI=1S/C25H32N2O2/c1-16(2)21-22(25(21,14-26)15-27)23(28)29-20-13-17(3)11-12-19(20)24(4,5)18-9-7-6-8-10-18/h6-10,16-17,19-22H,11-13H2,1-5H3/t17-,19-,20-,21-,22-/m1/s1. The van der Waals surface area contributed by atoms with Gasteiger partial charge < -0.3 is 4.74 Å². The van der Waals surface area contributed by atoms with Crippen molar-refractivity contribution in [2.45, 2.75) is 65.4 Å². The van der Waals surface area contributed by atoms with Crippen molar-refractivity contribution in [2.24, 2.45) is 35.0 Å². The van der Waals surface area contributed by atoms with Crippen LogP contribution >= 0.6 is 0 Å². The second kappa shape index (κ2) is 7.83. The average Bonchev–Trinajstić information content (AvgIpc) is 3.39. The Kier molecular flexibility index (Phi) is 5.77. The first-order chi connectivity index (χ1) is 13.7. The second-order valence-electron chi connectivity index (χ2n) is 9.93. The van der Waals surface area contributed by atoms with Crippen LogP contribution in [0.15, 0.2) is 30.3 Å². The third kappa shape index (κ3) is 3.66. The second-order valence-corrected chi connectivity index (χ2v) is 9.93. The molecule has 0 bridgehead atoms. The van der Waals surface area contributed by atoms with E-state index in [-0.39, 0.29) is 35.2 Å². The molecular formula is C25H32N2O2. The van der Waals surface area contributed by atoms with Gasteiger partial charge in [-0.05, 0) is 35.7 Å². The number of carbonyl (C=O) groups excluding carboxylic acids is 1. The van der Waals surface area contributed by atoms with Crippen molar-refractivity contribution in [1.82, 2.24) is 0 Å². The molecule has 0 radical (unpaired) electrons. The fourth-order valence-electron chi connectivity index (χ4n) is 5.56. The number of esters is 1. The van der Waals surface area contributed by atoms with Crippen LogP contribution in [-0.2, 0) is 14.9 Å². The van der Waals surface area contributed by atoms with Crippen LogP contribution < -0.4 is 0 Å². The van der Waals surface area contributed by atoms with Crippen molar-refractivity contribution in [2.75, 3.05) is 0 Å². The SMILES string of the molecule is CC(C)[C@@H]1[C@H](C(=O)O[C@@H]2C[C@H](C)CC[C@H]2C(C)(C)c2ccccc2)C1(C#N)C#N. The van der Waals surface area contributed by atoms with E-state index >= 15 is 0 Å². The average molecular weight is 393 g/mol. The smallest absolute Gasteiger partial charge is 0.312 e. The number of nitriles is 2. The maximum atomic E-state index is 13.1. The molecule has 1 aromatic carbocycles. The summed E-state index contributed by atoms with van der Waals surface area (Å²) < 4.78 is 6.10. The lowest BCUT2D eigenvalue weighted by atomic mass is 9.64. The molecule has 0 aliphatic heterocycles. The summed E-state index contributed by atoms with van der Waals surface area (Å²) >= 11 is 0. The van der Waals surface area contributed by atoms with E-state index in [1.54, 1.807) is 0 Å².